The van der Waals surface area contributed by atoms with Crippen LogP contribution in [0.25, 0.3) is 0 Å². The van der Waals surface area contributed by atoms with Gasteiger partial charge in [0.2, 0.25) is 0 Å². The van der Waals surface area contributed by atoms with E-state index in [4.69, 9.17) is 10.5 Å². The Morgan fingerprint density at radius 2 is 1.80 bits per heavy atom. The highest BCUT2D eigenvalue weighted by atomic mass is 16.5. The van der Waals surface area contributed by atoms with Crippen LogP contribution in [0.1, 0.15) is 44.1 Å². The molecule has 20 heavy (non-hydrogen) atoms. The molecule has 0 saturated heterocycles. The second kappa shape index (κ2) is 7.29. The Bertz CT molecular complexity index is 422. The van der Waals surface area contributed by atoms with Gasteiger partial charge >= 0.3 is 5.97 Å². The molecule has 1 aliphatic carbocycles. The van der Waals surface area contributed by atoms with Crippen molar-refractivity contribution < 1.29 is 14.6 Å². The van der Waals surface area contributed by atoms with E-state index in [2.05, 4.69) is 0 Å². The summed E-state index contributed by atoms with van der Waals surface area (Å²) in [6.07, 6.45) is 7.11. The Labute approximate surface area is 119 Å². The van der Waals surface area contributed by atoms with Crippen molar-refractivity contribution in [2.45, 2.75) is 57.1 Å². The van der Waals surface area contributed by atoms with E-state index in [0.29, 0.717) is 6.42 Å². The minimum Gasteiger partial charge on any atom is -0.508 e. The van der Waals surface area contributed by atoms with Crippen LogP contribution in [0.3, 0.4) is 0 Å². The molecule has 0 aromatic heterocycles. The van der Waals surface area contributed by atoms with Gasteiger partial charge in [0.05, 0.1) is 0 Å². The van der Waals surface area contributed by atoms with E-state index in [1.54, 1.807) is 24.3 Å². The molecule has 1 saturated carbocycles. The van der Waals surface area contributed by atoms with Crippen LogP contribution in [-0.2, 0) is 16.0 Å². The van der Waals surface area contributed by atoms with Gasteiger partial charge in [0.25, 0.3) is 0 Å². The molecular weight excluding hydrogens is 254 g/mol. The predicted octanol–water partition coefficient (Wildman–Crippen LogP) is 2.53. The summed E-state index contributed by atoms with van der Waals surface area (Å²) in [5.74, 6) is -0.103. The van der Waals surface area contributed by atoms with Crippen LogP contribution in [0.5, 0.6) is 5.75 Å². The third-order valence-electron chi connectivity index (χ3n) is 3.78. The van der Waals surface area contributed by atoms with E-state index in [1.165, 1.54) is 12.8 Å². The number of benzene rings is 1. The first-order valence-corrected chi connectivity index (χ1v) is 7.39. The third-order valence-corrected chi connectivity index (χ3v) is 3.78. The zero-order chi connectivity index (χ0) is 14.4. The second-order valence-electron chi connectivity index (χ2n) is 5.53. The lowest BCUT2D eigenvalue weighted by Gasteiger charge is -2.18. The van der Waals surface area contributed by atoms with Crippen LogP contribution < -0.4 is 5.73 Å². The molecule has 0 radical (unpaired) electrons. The summed E-state index contributed by atoms with van der Waals surface area (Å²) >= 11 is 0. The fourth-order valence-electron chi connectivity index (χ4n) is 2.58. The molecule has 0 bridgehead atoms. The lowest BCUT2D eigenvalue weighted by Crippen LogP contribution is -2.36. The predicted molar refractivity (Wildman–Crippen MR) is 77.4 cm³/mol. The Morgan fingerprint density at radius 3 is 2.40 bits per heavy atom. The van der Waals surface area contributed by atoms with Crippen molar-refractivity contribution in [3.05, 3.63) is 29.8 Å². The van der Waals surface area contributed by atoms with Gasteiger partial charge in [-0.1, -0.05) is 25.0 Å². The Balaban J connectivity index is 1.83. The van der Waals surface area contributed by atoms with Crippen molar-refractivity contribution in [1.29, 1.82) is 0 Å². The summed E-state index contributed by atoms with van der Waals surface area (Å²) in [5, 5.41) is 9.22. The van der Waals surface area contributed by atoms with Crippen LogP contribution in [0, 0.1) is 0 Å². The number of phenols is 1. The molecule has 0 aliphatic heterocycles. The summed E-state index contributed by atoms with van der Waals surface area (Å²) in [4.78, 5) is 12.0. The summed E-state index contributed by atoms with van der Waals surface area (Å²) in [7, 11) is 0. The number of carbonyl (C=O) groups is 1. The number of aromatic hydroxyl groups is 1. The van der Waals surface area contributed by atoms with Crippen molar-refractivity contribution in [2.75, 3.05) is 0 Å². The van der Waals surface area contributed by atoms with E-state index in [-0.39, 0.29) is 17.8 Å². The minimum atomic E-state index is -0.636. The number of rotatable bonds is 4. The van der Waals surface area contributed by atoms with Gasteiger partial charge in [-0.05, 0) is 49.8 Å². The van der Waals surface area contributed by atoms with Crippen LogP contribution >= 0.6 is 0 Å². The van der Waals surface area contributed by atoms with E-state index in [1.807, 2.05) is 0 Å². The molecule has 0 heterocycles. The van der Waals surface area contributed by atoms with Gasteiger partial charge in [-0.25, -0.2) is 0 Å². The standard InChI is InChI=1S/C16H23NO3/c17-15(11-12-7-9-13(18)10-8-12)16(19)20-14-5-3-1-2-4-6-14/h7-10,14-15,18H,1-6,11,17H2/t15-/m1/s1. The van der Waals surface area contributed by atoms with Gasteiger partial charge in [-0.3, -0.25) is 4.79 Å². The molecule has 0 spiro atoms. The minimum absolute atomic E-state index is 0.0378. The number of esters is 1. The number of hydrogen-bond donors (Lipinski definition) is 2. The zero-order valence-corrected chi connectivity index (χ0v) is 11.8. The van der Waals surface area contributed by atoms with Crippen molar-refractivity contribution >= 4 is 5.97 Å². The highest BCUT2D eigenvalue weighted by Gasteiger charge is 2.21. The highest BCUT2D eigenvalue weighted by molar-refractivity contribution is 5.76. The molecule has 110 valence electrons. The average molecular weight is 277 g/mol. The van der Waals surface area contributed by atoms with Crippen LogP contribution in [0.4, 0.5) is 0 Å². The lowest BCUT2D eigenvalue weighted by atomic mass is 10.1. The molecule has 1 atom stereocenters. The van der Waals surface area contributed by atoms with E-state index in [0.717, 1.165) is 31.2 Å². The molecule has 0 amide bonds. The lowest BCUT2D eigenvalue weighted by molar-refractivity contribution is -0.151. The molecule has 4 nitrogen and oxygen atoms in total. The topological polar surface area (TPSA) is 72.5 Å². The van der Waals surface area contributed by atoms with E-state index >= 15 is 0 Å². The van der Waals surface area contributed by atoms with Gasteiger partial charge in [0.1, 0.15) is 17.9 Å². The summed E-state index contributed by atoms with van der Waals surface area (Å²) in [5.41, 5.74) is 6.83. The van der Waals surface area contributed by atoms with Crippen molar-refractivity contribution in [2.24, 2.45) is 5.73 Å². The largest absolute Gasteiger partial charge is 0.508 e. The Hall–Kier alpha value is -1.55. The maximum atomic E-state index is 12.0. The zero-order valence-electron chi connectivity index (χ0n) is 11.8. The van der Waals surface area contributed by atoms with Crippen molar-refractivity contribution in [3.63, 3.8) is 0 Å². The molecule has 2 rings (SSSR count). The van der Waals surface area contributed by atoms with Crippen LogP contribution in [0.15, 0.2) is 24.3 Å². The first-order valence-electron chi connectivity index (χ1n) is 7.39. The average Bonchev–Trinajstić information content (AvgIpc) is 2.70. The Morgan fingerprint density at radius 1 is 1.20 bits per heavy atom. The van der Waals surface area contributed by atoms with Gasteiger partial charge in [-0.15, -0.1) is 0 Å². The molecule has 1 aromatic rings. The normalized spacial score (nSPS) is 18.2. The number of ether oxygens (including phenoxy) is 1. The quantitative estimate of drug-likeness (QED) is 0.655. The van der Waals surface area contributed by atoms with Crippen LogP contribution in [-0.4, -0.2) is 23.2 Å². The number of nitrogens with two attached hydrogens (primary N) is 1. The van der Waals surface area contributed by atoms with Crippen LogP contribution in [0.2, 0.25) is 0 Å². The smallest absolute Gasteiger partial charge is 0.323 e. The fourth-order valence-corrected chi connectivity index (χ4v) is 2.58. The molecule has 0 unspecified atom stereocenters. The van der Waals surface area contributed by atoms with Gasteiger partial charge in [0, 0.05) is 0 Å². The fraction of sp³-hybridized carbons (Fsp3) is 0.562. The summed E-state index contributed by atoms with van der Waals surface area (Å²) in [6, 6.07) is 6.10. The molecule has 4 heteroatoms. The second-order valence-corrected chi connectivity index (χ2v) is 5.53. The number of carbonyl (C=O) groups excluding carboxylic acids is 1. The maximum Gasteiger partial charge on any atom is 0.323 e. The van der Waals surface area contributed by atoms with Gasteiger partial charge in [-0.2, -0.15) is 0 Å². The molecule has 1 fully saturated rings. The monoisotopic (exact) mass is 277 g/mol. The number of hydrogen-bond acceptors (Lipinski definition) is 4. The molecule has 3 N–H and O–H groups in total. The van der Waals surface area contributed by atoms with Gasteiger partial charge < -0.3 is 15.6 Å². The van der Waals surface area contributed by atoms with Crippen molar-refractivity contribution in [3.8, 4) is 5.75 Å². The first-order chi connectivity index (χ1) is 9.65. The van der Waals surface area contributed by atoms with E-state index < -0.39 is 6.04 Å². The summed E-state index contributed by atoms with van der Waals surface area (Å²) in [6.45, 7) is 0. The van der Waals surface area contributed by atoms with E-state index in [9.17, 15) is 9.90 Å². The highest BCUT2D eigenvalue weighted by Crippen LogP contribution is 2.20. The van der Waals surface area contributed by atoms with Crippen molar-refractivity contribution in [1.82, 2.24) is 0 Å². The maximum absolute atomic E-state index is 12.0. The van der Waals surface area contributed by atoms with Gasteiger partial charge in [0.15, 0.2) is 0 Å². The molecule has 1 aliphatic rings. The Kier molecular flexibility index (Phi) is 5.41. The SMILES string of the molecule is N[C@H](Cc1ccc(O)cc1)C(=O)OC1CCCCCC1. The summed E-state index contributed by atoms with van der Waals surface area (Å²) < 4.78 is 5.52. The third kappa shape index (κ3) is 4.53. The first kappa shape index (κ1) is 14.9. The molecular formula is C16H23NO3. The molecule has 1 aromatic carbocycles. The number of phenolic OH excluding ortho intramolecular Hbond substituents is 1.